The van der Waals surface area contributed by atoms with Crippen molar-refractivity contribution >= 4 is 33.7 Å². The second-order valence-electron chi connectivity index (χ2n) is 5.89. The Morgan fingerprint density at radius 2 is 1.96 bits per heavy atom. The average molecular weight is 388 g/mol. The molecule has 1 aromatic rings. The summed E-state index contributed by atoms with van der Waals surface area (Å²) in [6, 6.07) is 4.15. The van der Waals surface area contributed by atoms with Crippen molar-refractivity contribution < 1.29 is 24.2 Å². The molecule has 0 spiro atoms. The van der Waals surface area contributed by atoms with E-state index in [9.17, 15) is 14.7 Å². The van der Waals surface area contributed by atoms with E-state index in [4.69, 9.17) is 9.47 Å². The molecular weight excluding hydrogens is 366 g/mol. The van der Waals surface area contributed by atoms with Crippen LogP contribution in [0.1, 0.15) is 44.0 Å². The number of benzene rings is 1. The number of ether oxygens (including phenoxy) is 2. The highest BCUT2D eigenvalue weighted by molar-refractivity contribution is 9.09. The second kappa shape index (κ2) is 8.76. The van der Waals surface area contributed by atoms with Crippen LogP contribution in [-0.2, 0) is 9.47 Å². The van der Waals surface area contributed by atoms with Crippen molar-refractivity contribution in [2.45, 2.75) is 39.2 Å². The third kappa shape index (κ3) is 7.36. The number of amides is 1. The Hall–Kier alpha value is -1.76. The molecule has 1 aromatic carbocycles. The minimum Gasteiger partial charge on any atom is -0.507 e. The fourth-order valence-corrected chi connectivity index (χ4v) is 2.03. The van der Waals surface area contributed by atoms with Gasteiger partial charge in [-0.15, -0.1) is 0 Å². The van der Waals surface area contributed by atoms with Crippen LogP contribution >= 0.6 is 15.9 Å². The number of esters is 1. The first-order valence-electron chi connectivity index (χ1n) is 7.29. The molecule has 1 amide bonds. The van der Waals surface area contributed by atoms with Crippen LogP contribution in [0.4, 0.5) is 10.5 Å². The van der Waals surface area contributed by atoms with Gasteiger partial charge in [0.25, 0.3) is 0 Å². The number of unbranched alkanes of at least 4 members (excludes halogenated alkanes) is 1. The topological polar surface area (TPSA) is 84.9 Å². The summed E-state index contributed by atoms with van der Waals surface area (Å²) >= 11 is 3.29. The number of alkyl halides is 1. The van der Waals surface area contributed by atoms with Crippen molar-refractivity contribution in [1.29, 1.82) is 0 Å². The van der Waals surface area contributed by atoms with Gasteiger partial charge in [0.05, 0.1) is 6.61 Å². The monoisotopic (exact) mass is 387 g/mol. The normalized spacial score (nSPS) is 11.0. The van der Waals surface area contributed by atoms with Gasteiger partial charge in [-0.3, -0.25) is 5.32 Å². The molecule has 23 heavy (non-hydrogen) atoms. The van der Waals surface area contributed by atoms with E-state index in [2.05, 4.69) is 21.2 Å². The molecule has 7 heteroatoms. The molecule has 0 aliphatic rings. The summed E-state index contributed by atoms with van der Waals surface area (Å²) in [6.07, 6.45) is 0.979. The molecule has 0 aromatic heterocycles. The lowest BCUT2D eigenvalue weighted by molar-refractivity contribution is 0.0495. The fraction of sp³-hybridized carbons (Fsp3) is 0.500. The van der Waals surface area contributed by atoms with Gasteiger partial charge in [-0.1, -0.05) is 15.9 Å². The van der Waals surface area contributed by atoms with E-state index in [-0.39, 0.29) is 17.9 Å². The van der Waals surface area contributed by atoms with E-state index in [0.29, 0.717) is 5.69 Å². The van der Waals surface area contributed by atoms with E-state index in [0.717, 1.165) is 18.2 Å². The zero-order chi connectivity index (χ0) is 17.5. The van der Waals surface area contributed by atoms with Gasteiger partial charge in [-0.2, -0.15) is 0 Å². The van der Waals surface area contributed by atoms with E-state index >= 15 is 0 Å². The first-order valence-corrected chi connectivity index (χ1v) is 8.41. The van der Waals surface area contributed by atoms with Crippen molar-refractivity contribution in [3.05, 3.63) is 23.8 Å². The second-order valence-corrected chi connectivity index (χ2v) is 6.68. The van der Waals surface area contributed by atoms with Gasteiger partial charge in [0.2, 0.25) is 0 Å². The predicted molar refractivity (Wildman–Crippen MR) is 91.3 cm³/mol. The minimum atomic E-state index is -0.639. The lowest BCUT2D eigenvalue weighted by Gasteiger charge is -2.19. The molecule has 1 rings (SSSR count). The molecule has 0 radical (unpaired) electrons. The van der Waals surface area contributed by atoms with E-state index in [1.165, 1.54) is 18.2 Å². The maximum Gasteiger partial charge on any atom is 0.412 e. The number of anilines is 1. The van der Waals surface area contributed by atoms with Crippen molar-refractivity contribution in [3.8, 4) is 5.75 Å². The standard InChI is InChI=1S/C16H22BrNO5/c1-16(2,3)23-15(21)18-11-6-7-13(19)12(10-11)14(20)22-9-5-4-8-17/h6-7,10,19H,4-5,8-9H2,1-3H3,(H,18,21). The van der Waals surface area contributed by atoms with E-state index < -0.39 is 17.7 Å². The zero-order valence-corrected chi connectivity index (χ0v) is 15.1. The lowest BCUT2D eigenvalue weighted by Crippen LogP contribution is -2.27. The number of phenols is 1. The third-order valence-corrected chi connectivity index (χ3v) is 3.18. The number of hydrogen-bond donors (Lipinski definition) is 2. The smallest absolute Gasteiger partial charge is 0.412 e. The summed E-state index contributed by atoms with van der Waals surface area (Å²) in [5.41, 5.74) is -0.292. The minimum absolute atomic E-state index is 0.00241. The Balaban J connectivity index is 2.71. The zero-order valence-electron chi connectivity index (χ0n) is 13.5. The summed E-state index contributed by atoms with van der Waals surface area (Å²) < 4.78 is 10.2. The molecule has 6 nitrogen and oxygen atoms in total. The summed E-state index contributed by atoms with van der Waals surface area (Å²) in [5, 5.41) is 13.1. The number of aromatic hydroxyl groups is 1. The Kier molecular flexibility index (Phi) is 7.35. The highest BCUT2D eigenvalue weighted by atomic mass is 79.9. The molecule has 0 aliphatic heterocycles. The molecule has 0 bridgehead atoms. The van der Waals surface area contributed by atoms with Crippen LogP contribution in [0.2, 0.25) is 0 Å². The number of phenolic OH excluding ortho intramolecular Hbond substituents is 1. The molecule has 128 valence electrons. The van der Waals surface area contributed by atoms with Crippen molar-refractivity contribution in [2.24, 2.45) is 0 Å². The number of nitrogens with one attached hydrogen (secondary N) is 1. The Morgan fingerprint density at radius 3 is 2.57 bits per heavy atom. The van der Waals surface area contributed by atoms with Crippen LogP contribution < -0.4 is 5.32 Å². The lowest BCUT2D eigenvalue weighted by atomic mass is 10.1. The van der Waals surface area contributed by atoms with Crippen LogP contribution in [0.5, 0.6) is 5.75 Å². The van der Waals surface area contributed by atoms with Crippen LogP contribution in [0.25, 0.3) is 0 Å². The summed E-state index contributed by atoms with van der Waals surface area (Å²) in [5.74, 6) is -0.838. The van der Waals surface area contributed by atoms with Crippen LogP contribution in [0.15, 0.2) is 18.2 Å². The largest absolute Gasteiger partial charge is 0.507 e. The average Bonchev–Trinajstić information content (AvgIpc) is 2.43. The molecule has 0 aliphatic carbocycles. The van der Waals surface area contributed by atoms with Crippen molar-refractivity contribution in [2.75, 3.05) is 17.3 Å². The summed E-state index contributed by atoms with van der Waals surface area (Å²) in [7, 11) is 0. The Labute approximate surface area is 144 Å². The van der Waals surface area contributed by atoms with E-state index in [1.807, 2.05) is 0 Å². The van der Waals surface area contributed by atoms with Crippen LogP contribution in [-0.4, -0.2) is 34.7 Å². The third-order valence-electron chi connectivity index (χ3n) is 2.62. The van der Waals surface area contributed by atoms with Crippen molar-refractivity contribution in [1.82, 2.24) is 0 Å². The van der Waals surface area contributed by atoms with Gasteiger partial charge in [-0.25, -0.2) is 9.59 Å². The number of carbonyl (C=O) groups excluding carboxylic acids is 2. The molecule has 0 saturated carbocycles. The SMILES string of the molecule is CC(C)(C)OC(=O)Nc1ccc(O)c(C(=O)OCCCCBr)c1. The molecule has 2 N–H and O–H groups in total. The van der Waals surface area contributed by atoms with Gasteiger partial charge in [0, 0.05) is 11.0 Å². The molecule has 0 fully saturated rings. The molecule has 0 unspecified atom stereocenters. The van der Waals surface area contributed by atoms with Crippen LogP contribution in [0, 0.1) is 0 Å². The maximum atomic E-state index is 12.0. The highest BCUT2D eigenvalue weighted by Gasteiger charge is 2.18. The number of hydrogen-bond acceptors (Lipinski definition) is 5. The van der Waals surface area contributed by atoms with Gasteiger partial charge in [-0.05, 0) is 51.8 Å². The van der Waals surface area contributed by atoms with Gasteiger partial charge >= 0.3 is 12.1 Å². The summed E-state index contributed by atoms with van der Waals surface area (Å²) in [6.45, 7) is 5.52. The van der Waals surface area contributed by atoms with Gasteiger partial charge in [0.1, 0.15) is 16.9 Å². The van der Waals surface area contributed by atoms with E-state index in [1.54, 1.807) is 20.8 Å². The molecule has 0 heterocycles. The number of carbonyl (C=O) groups is 2. The Bertz CT molecular complexity index is 554. The van der Waals surface area contributed by atoms with Crippen molar-refractivity contribution in [3.63, 3.8) is 0 Å². The molecular formula is C16H22BrNO5. The highest BCUT2D eigenvalue weighted by Crippen LogP contribution is 2.23. The number of rotatable bonds is 6. The van der Waals surface area contributed by atoms with Gasteiger partial charge < -0.3 is 14.6 Å². The van der Waals surface area contributed by atoms with Crippen LogP contribution in [0.3, 0.4) is 0 Å². The Morgan fingerprint density at radius 1 is 1.26 bits per heavy atom. The first kappa shape index (κ1) is 19.3. The number of halogens is 1. The quantitative estimate of drug-likeness (QED) is 0.332. The first-order chi connectivity index (χ1) is 10.7. The fourth-order valence-electron chi connectivity index (χ4n) is 1.64. The molecule has 0 atom stereocenters. The molecule has 0 saturated heterocycles. The predicted octanol–water partition coefficient (Wildman–Crippen LogP) is 4.07. The summed E-state index contributed by atoms with van der Waals surface area (Å²) in [4.78, 5) is 23.7. The van der Waals surface area contributed by atoms with Gasteiger partial charge in [0.15, 0.2) is 0 Å². The maximum absolute atomic E-state index is 12.0.